The molecular formula is C12H14N4O. The molecule has 88 valence electrons. The van der Waals surface area contributed by atoms with Gasteiger partial charge in [0.2, 0.25) is 0 Å². The number of rotatable bonds is 3. The van der Waals surface area contributed by atoms with Gasteiger partial charge < -0.3 is 9.64 Å². The molecule has 3 heterocycles. The molecule has 3 rings (SSSR count). The van der Waals surface area contributed by atoms with E-state index in [1.54, 1.807) is 13.4 Å². The molecule has 2 aromatic heterocycles. The molecule has 0 aliphatic carbocycles. The first-order valence-corrected chi connectivity index (χ1v) is 5.59. The van der Waals surface area contributed by atoms with Crippen LogP contribution in [-0.4, -0.2) is 34.8 Å². The highest BCUT2D eigenvalue weighted by atomic mass is 16.5. The number of anilines is 1. The van der Waals surface area contributed by atoms with Gasteiger partial charge in [-0.2, -0.15) is 0 Å². The van der Waals surface area contributed by atoms with E-state index < -0.39 is 0 Å². The zero-order valence-electron chi connectivity index (χ0n) is 9.71. The van der Waals surface area contributed by atoms with Crippen LogP contribution in [0.5, 0.6) is 0 Å². The van der Waals surface area contributed by atoms with Crippen LogP contribution < -0.4 is 4.90 Å². The maximum atomic E-state index is 5.21. The van der Waals surface area contributed by atoms with E-state index in [2.05, 4.69) is 39.5 Å². The quantitative estimate of drug-likeness (QED) is 0.744. The first kappa shape index (κ1) is 10.3. The van der Waals surface area contributed by atoms with Crippen LogP contribution in [0.4, 0.5) is 5.69 Å². The fourth-order valence-corrected chi connectivity index (χ4v) is 2.11. The molecule has 0 amide bonds. The minimum Gasteiger partial charge on any atom is -0.380 e. The third kappa shape index (κ3) is 1.78. The Hall–Kier alpha value is -1.88. The van der Waals surface area contributed by atoms with Gasteiger partial charge in [-0.15, -0.1) is 10.2 Å². The van der Waals surface area contributed by atoms with Crippen molar-refractivity contribution in [3.05, 3.63) is 36.3 Å². The largest absolute Gasteiger partial charge is 0.380 e. The molecule has 5 heteroatoms. The second kappa shape index (κ2) is 4.18. The van der Waals surface area contributed by atoms with Gasteiger partial charge in [0.15, 0.2) is 5.65 Å². The van der Waals surface area contributed by atoms with Crippen LogP contribution in [0.25, 0.3) is 5.65 Å². The number of aromatic nitrogens is 3. The summed E-state index contributed by atoms with van der Waals surface area (Å²) < 4.78 is 7.15. The van der Waals surface area contributed by atoms with Crippen molar-refractivity contribution in [2.45, 2.75) is 6.61 Å². The van der Waals surface area contributed by atoms with E-state index >= 15 is 0 Å². The molecule has 5 nitrogen and oxygen atoms in total. The van der Waals surface area contributed by atoms with Crippen LogP contribution in [0, 0.1) is 0 Å². The van der Waals surface area contributed by atoms with Crippen molar-refractivity contribution >= 4 is 11.3 Å². The minimum atomic E-state index is 0.553. The zero-order valence-corrected chi connectivity index (χ0v) is 9.71. The number of methoxy groups -OCH3 is 1. The Morgan fingerprint density at radius 3 is 2.94 bits per heavy atom. The molecule has 0 spiro atoms. The van der Waals surface area contributed by atoms with Crippen LogP contribution in [0.3, 0.4) is 0 Å². The summed E-state index contributed by atoms with van der Waals surface area (Å²) in [6, 6.07) is 2.13. The third-order valence-corrected chi connectivity index (χ3v) is 2.94. The maximum absolute atomic E-state index is 5.21. The van der Waals surface area contributed by atoms with Gasteiger partial charge in [0, 0.05) is 32.0 Å². The number of ether oxygens (including phenoxy) is 1. The Morgan fingerprint density at radius 1 is 1.35 bits per heavy atom. The fourth-order valence-electron chi connectivity index (χ4n) is 2.11. The van der Waals surface area contributed by atoms with Gasteiger partial charge in [-0.1, -0.05) is 12.2 Å². The summed E-state index contributed by atoms with van der Waals surface area (Å²) in [5, 5.41) is 8.04. The third-order valence-electron chi connectivity index (χ3n) is 2.94. The Morgan fingerprint density at radius 2 is 2.18 bits per heavy atom. The van der Waals surface area contributed by atoms with Crippen molar-refractivity contribution in [1.82, 2.24) is 14.6 Å². The van der Waals surface area contributed by atoms with E-state index in [1.165, 1.54) is 5.69 Å². The molecule has 0 saturated carbocycles. The van der Waals surface area contributed by atoms with Crippen LogP contribution >= 0.6 is 0 Å². The second-order valence-corrected chi connectivity index (χ2v) is 4.09. The second-order valence-electron chi connectivity index (χ2n) is 4.09. The molecular weight excluding hydrogens is 216 g/mol. The molecule has 1 aliphatic rings. The van der Waals surface area contributed by atoms with Crippen molar-refractivity contribution in [2.24, 2.45) is 0 Å². The first-order chi connectivity index (χ1) is 8.38. The number of hydrogen-bond acceptors (Lipinski definition) is 4. The van der Waals surface area contributed by atoms with Gasteiger partial charge in [-0.05, 0) is 6.07 Å². The summed E-state index contributed by atoms with van der Waals surface area (Å²) >= 11 is 0. The monoisotopic (exact) mass is 230 g/mol. The van der Waals surface area contributed by atoms with E-state index in [-0.39, 0.29) is 0 Å². The van der Waals surface area contributed by atoms with Crippen LogP contribution in [-0.2, 0) is 11.3 Å². The Kier molecular flexibility index (Phi) is 2.53. The highest BCUT2D eigenvalue weighted by Gasteiger charge is 2.12. The zero-order chi connectivity index (χ0) is 11.7. The molecule has 0 fully saturated rings. The molecule has 0 saturated heterocycles. The van der Waals surface area contributed by atoms with E-state index in [0.29, 0.717) is 6.61 Å². The maximum Gasteiger partial charge on any atom is 0.166 e. The molecule has 0 atom stereocenters. The van der Waals surface area contributed by atoms with Gasteiger partial charge in [0.25, 0.3) is 0 Å². The number of hydrogen-bond donors (Lipinski definition) is 0. The lowest BCUT2D eigenvalue weighted by molar-refractivity contribution is 0.185. The molecule has 17 heavy (non-hydrogen) atoms. The molecule has 2 aromatic rings. The highest BCUT2D eigenvalue weighted by Crippen LogP contribution is 2.21. The molecule has 0 aromatic carbocycles. The number of pyridine rings is 1. The summed E-state index contributed by atoms with van der Waals surface area (Å²) in [5.74, 6) is 0. The summed E-state index contributed by atoms with van der Waals surface area (Å²) in [6.07, 6.45) is 8.13. The van der Waals surface area contributed by atoms with Crippen LogP contribution in [0.1, 0.15) is 5.56 Å². The van der Waals surface area contributed by atoms with E-state index in [9.17, 15) is 0 Å². The fraction of sp³-hybridized carbons (Fsp3) is 0.333. The Labute approximate surface area is 99.3 Å². The predicted octanol–water partition coefficient (Wildman–Crippen LogP) is 1.25. The van der Waals surface area contributed by atoms with E-state index in [0.717, 1.165) is 24.3 Å². The number of fused-ring (bicyclic) bond motifs is 1. The molecule has 0 unspecified atom stereocenters. The summed E-state index contributed by atoms with van der Waals surface area (Å²) in [6.45, 7) is 2.47. The van der Waals surface area contributed by atoms with Crippen LogP contribution in [0.2, 0.25) is 0 Å². The standard InChI is InChI=1S/C12H14N4O/c1-17-8-10-6-11(15-4-2-3-5-15)7-16-9-13-14-12(10)16/h2-3,6-7,9H,4-5,8H2,1H3. The normalized spacial score (nSPS) is 15.0. The lowest BCUT2D eigenvalue weighted by Crippen LogP contribution is -2.19. The average molecular weight is 230 g/mol. The molecule has 1 aliphatic heterocycles. The summed E-state index contributed by atoms with van der Waals surface area (Å²) in [7, 11) is 1.69. The smallest absolute Gasteiger partial charge is 0.166 e. The predicted molar refractivity (Wildman–Crippen MR) is 65.1 cm³/mol. The van der Waals surface area contributed by atoms with Gasteiger partial charge in [0.05, 0.1) is 12.3 Å². The van der Waals surface area contributed by atoms with Crippen LogP contribution in [0.15, 0.2) is 30.7 Å². The molecule has 0 bridgehead atoms. The van der Waals surface area contributed by atoms with Crippen molar-refractivity contribution in [3.8, 4) is 0 Å². The lowest BCUT2D eigenvalue weighted by atomic mass is 10.2. The van der Waals surface area contributed by atoms with Gasteiger partial charge in [-0.25, -0.2) is 0 Å². The molecule has 0 N–H and O–H groups in total. The van der Waals surface area contributed by atoms with Crippen molar-refractivity contribution in [2.75, 3.05) is 25.1 Å². The lowest BCUT2D eigenvalue weighted by Gasteiger charge is -2.18. The average Bonchev–Trinajstić information content (AvgIpc) is 3.00. The minimum absolute atomic E-state index is 0.553. The Balaban J connectivity index is 2.06. The van der Waals surface area contributed by atoms with E-state index in [4.69, 9.17) is 4.74 Å². The topological polar surface area (TPSA) is 42.7 Å². The first-order valence-electron chi connectivity index (χ1n) is 5.59. The molecule has 0 radical (unpaired) electrons. The Bertz CT molecular complexity index is 553. The highest BCUT2D eigenvalue weighted by molar-refractivity contribution is 5.58. The van der Waals surface area contributed by atoms with Gasteiger partial charge in [0.1, 0.15) is 6.33 Å². The van der Waals surface area contributed by atoms with Gasteiger partial charge in [-0.3, -0.25) is 4.40 Å². The van der Waals surface area contributed by atoms with Crippen molar-refractivity contribution < 1.29 is 4.74 Å². The SMILES string of the molecule is COCc1cc(N2CC=CC2)cn2cnnc12. The number of nitrogens with zero attached hydrogens (tertiary/aromatic N) is 4. The van der Waals surface area contributed by atoms with Crippen molar-refractivity contribution in [3.63, 3.8) is 0 Å². The van der Waals surface area contributed by atoms with Crippen molar-refractivity contribution in [1.29, 1.82) is 0 Å². The van der Waals surface area contributed by atoms with Gasteiger partial charge >= 0.3 is 0 Å². The van der Waals surface area contributed by atoms with E-state index in [1.807, 2.05) is 4.40 Å². The summed E-state index contributed by atoms with van der Waals surface area (Å²) in [5.41, 5.74) is 3.10. The summed E-state index contributed by atoms with van der Waals surface area (Å²) in [4.78, 5) is 2.29.